The number of benzene rings is 1. The summed E-state index contributed by atoms with van der Waals surface area (Å²) in [5, 5.41) is 15.6. The van der Waals surface area contributed by atoms with Crippen molar-refractivity contribution in [3.63, 3.8) is 0 Å². The highest BCUT2D eigenvalue weighted by Gasteiger charge is 2.28. The lowest BCUT2D eigenvalue weighted by molar-refractivity contribution is -0.123. The molecule has 0 radical (unpaired) electrons. The average molecular weight is 293 g/mol. The molecule has 0 bridgehead atoms. The van der Waals surface area contributed by atoms with Crippen LogP contribution >= 0.6 is 0 Å². The third-order valence-electron chi connectivity index (χ3n) is 3.50. The van der Waals surface area contributed by atoms with Crippen LogP contribution in [0.2, 0.25) is 0 Å². The first kappa shape index (κ1) is 15.8. The number of piperazine rings is 1. The van der Waals surface area contributed by atoms with E-state index in [9.17, 15) is 9.90 Å². The van der Waals surface area contributed by atoms with Crippen LogP contribution in [-0.2, 0) is 9.53 Å². The van der Waals surface area contributed by atoms with Crippen molar-refractivity contribution in [2.24, 2.45) is 0 Å². The average Bonchev–Trinajstić information content (AvgIpc) is 2.54. The molecule has 1 amide bonds. The van der Waals surface area contributed by atoms with Crippen molar-refractivity contribution < 1.29 is 14.6 Å². The van der Waals surface area contributed by atoms with Crippen molar-refractivity contribution in [3.8, 4) is 0 Å². The van der Waals surface area contributed by atoms with Gasteiger partial charge in [-0.05, 0) is 12.1 Å². The number of para-hydroxylation sites is 1. The summed E-state index contributed by atoms with van der Waals surface area (Å²) in [4.78, 5) is 14.4. The number of methoxy groups -OCH3 is 1. The lowest BCUT2D eigenvalue weighted by Crippen LogP contribution is -2.58. The molecule has 1 aliphatic heterocycles. The molecule has 0 spiro atoms. The first-order valence-electron chi connectivity index (χ1n) is 7.19. The summed E-state index contributed by atoms with van der Waals surface area (Å²) in [6, 6.07) is 9.64. The summed E-state index contributed by atoms with van der Waals surface area (Å²) in [6.45, 7) is 2.65. The zero-order chi connectivity index (χ0) is 15.1. The predicted molar refractivity (Wildman–Crippen MR) is 81.3 cm³/mol. The quantitative estimate of drug-likeness (QED) is 0.665. The molecule has 1 aromatic carbocycles. The summed E-state index contributed by atoms with van der Waals surface area (Å²) in [5.41, 5.74) is 1.04. The van der Waals surface area contributed by atoms with Gasteiger partial charge in [0.1, 0.15) is 6.04 Å². The van der Waals surface area contributed by atoms with E-state index in [1.54, 1.807) is 0 Å². The van der Waals surface area contributed by atoms with Crippen LogP contribution in [0.5, 0.6) is 0 Å². The second kappa shape index (κ2) is 7.97. The fourth-order valence-electron chi connectivity index (χ4n) is 2.45. The number of nitrogens with zero attached hydrogens (tertiary/aromatic N) is 1. The molecule has 1 aliphatic rings. The van der Waals surface area contributed by atoms with Crippen LogP contribution < -0.4 is 15.5 Å². The molecular weight excluding hydrogens is 270 g/mol. The Morgan fingerprint density at radius 1 is 1.52 bits per heavy atom. The molecule has 0 aliphatic carbocycles. The van der Waals surface area contributed by atoms with E-state index >= 15 is 0 Å². The highest BCUT2D eigenvalue weighted by Crippen LogP contribution is 2.17. The number of nitrogens with one attached hydrogen (secondary N) is 2. The maximum Gasteiger partial charge on any atom is 0.244 e. The van der Waals surface area contributed by atoms with Crippen molar-refractivity contribution in [2.45, 2.75) is 12.1 Å². The van der Waals surface area contributed by atoms with Crippen LogP contribution in [0.25, 0.3) is 0 Å². The standard InChI is InChI=1S/C15H23N3O3/c1-21-11-13(19)9-17-15(20)14-10-16-7-8-18(14)12-5-3-2-4-6-12/h2-6,13-14,16,19H,7-11H2,1H3,(H,17,20). The Bertz CT molecular complexity index is 441. The fraction of sp³-hybridized carbons (Fsp3) is 0.533. The minimum absolute atomic E-state index is 0.0822. The summed E-state index contributed by atoms with van der Waals surface area (Å²) >= 11 is 0. The first-order valence-corrected chi connectivity index (χ1v) is 7.19. The van der Waals surface area contributed by atoms with Gasteiger partial charge in [0.2, 0.25) is 5.91 Å². The van der Waals surface area contributed by atoms with Gasteiger partial charge in [-0.25, -0.2) is 0 Å². The molecule has 2 unspecified atom stereocenters. The molecule has 21 heavy (non-hydrogen) atoms. The summed E-state index contributed by atoms with van der Waals surface area (Å²) < 4.78 is 4.85. The van der Waals surface area contributed by atoms with E-state index in [4.69, 9.17) is 4.74 Å². The van der Waals surface area contributed by atoms with Gasteiger partial charge in [-0.15, -0.1) is 0 Å². The zero-order valence-corrected chi connectivity index (χ0v) is 12.3. The molecule has 1 fully saturated rings. The molecule has 2 rings (SSSR count). The number of amides is 1. The third-order valence-corrected chi connectivity index (χ3v) is 3.50. The number of aliphatic hydroxyl groups excluding tert-OH is 1. The number of hydrogen-bond donors (Lipinski definition) is 3. The van der Waals surface area contributed by atoms with Gasteiger partial charge in [-0.3, -0.25) is 4.79 Å². The molecule has 0 saturated carbocycles. The normalized spacial score (nSPS) is 20.1. The van der Waals surface area contributed by atoms with E-state index in [1.807, 2.05) is 30.3 Å². The molecular formula is C15H23N3O3. The summed E-state index contributed by atoms with van der Waals surface area (Å²) in [6.07, 6.45) is -0.680. The Labute approximate surface area is 125 Å². The number of aliphatic hydroxyl groups is 1. The Morgan fingerprint density at radius 2 is 2.29 bits per heavy atom. The van der Waals surface area contributed by atoms with Crippen molar-refractivity contribution in [3.05, 3.63) is 30.3 Å². The van der Waals surface area contributed by atoms with E-state index < -0.39 is 6.10 Å². The monoisotopic (exact) mass is 293 g/mol. The SMILES string of the molecule is COCC(O)CNC(=O)C1CNCCN1c1ccccc1. The maximum absolute atomic E-state index is 12.3. The van der Waals surface area contributed by atoms with E-state index in [-0.39, 0.29) is 25.1 Å². The van der Waals surface area contributed by atoms with Crippen LogP contribution in [0.1, 0.15) is 0 Å². The van der Waals surface area contributed by atoms with Crippen LogP contribution in [-0.4, -0.2) is 63.1 Å². The molecule has 116 valence electrons. The topological polar surface area (TPSA) is 73.8 Å². The lowest BCUT2D eigenvalue weighted by atomic mass is 10.1. The van der Waals surface area contributed by atoms with Crippen molar-refractivity contribution in [2.75, 3.05) is 44.8 Å². The van der Waals surface area contributed by atoms with Crippen LogP contribution in [0.3, 0.4) is 0 Å². The van der Waals surface area contributed by atoms with Crippen molar-refractivity contribution in [1.82, 2.24) is 10.6 Å². The fourth-order valence-corrected chi connectivity index (χ4v) is 2.45. The Balaban J connectivity index is 1.96. The van der Waals surface area contributed by atoms with Crippen LogP contribution in [0, 0.1) is 0 Å². The second-order valence-electron chi connectivity index (χ2n) is 5.10. The smallest absolute Gasteiger partial charge is 0.244 e. The van der Waals surface area contributed by atoms with Crippen molar-refractivity contribution >= 4 is 11.6 Å². The molecule has 3 N–H and O–H groups in total. The van der Waals surface area contributed by atoms with Crippen LogP contribution in [0.4, 0.5) is 5.69 Å². The van der Waals surface area contributed by atoms with E-state index in [1.165, 1.54) is 7.11 Å². The molecule has 2 atom stereocenters. The lowest BCUT2D eigenvalue weighted by Gasteiger charge is -2.37. The highest BCUT2D eigenvalue weighted by molar-refractivity contribution is 5.85. The Morgan fingerprint density at radius 3 is 3.00 bits per heavy atom. The molecule has 1 saturated heterocycles. The van der Waals surface area contributed by atoms with Gasteiger partial charge in [0, 0.05) is 39.0 Å². The summed E-state index contributed by atoms with van der Waals surface area (Å²) in [5.74, 6) is -0.0822. The second-order valence-corrected chi connectivity index (χ2v) is 5.10. The zero-order valence-electron chi connectivity index (χ0n) is 12.3. The van der Waals surface area contributed by atoms with E-state index in [0.717, 1.165) is 18.8 Å². The maximum atomic E-state index is 12.3. The van der Waals surface area contributed by atoms with E-state index in [2.05, 4.69) is 15.5 Å². The first-order chi connectivity index (χ1) is 10.2. The van der Waals surface area contributed by atoms with Gasteiger partial charge in [0.25, 0.3) is 0 Å². The Kier molecular flexibility index (Phi) is 5.98. The summed E-state index contributed by atoms with van der Waals surface area (Å²) in [7, 11) is 1.52. The van der Waals surface area contributed by atoms with Crippen molar-refractivity contribution in [1.29, 1.82) is 0 Å². The molecule has 1 aromatic rings. The largest absolute Gasteiger partial charge is 0.389 e. The van der Waals surface area contributed by atoms with Gasteiger partial charge in [-0.2, -0.15) is 0 Å². The third kappa shape index (κ3) is 4.42. The van der Waals surface area contributed by atoms with Gasteiger partial charge in [-0.1, -0.05) is 18.2 Å². The number of carbonyl (C=O) groups excluding carboxylic acids is 1. The minimum Gasteiger partial charge on any atom is -0.389 e. The predicted octanol–water partition coefficient (Wildman–Crippen LogP) is -0.412. The number of ether oxygens (including phenoxy) is 1. The number of rotatable bonds is 6. The minimum atomic E-state index is -0.680. The highest BCUT2D eigenvalue weighted by atomic mass is 16.5. The molecule has 6 nitrogen and oxygen atoms in total. The number of hydrogen-bond acceptors (Lipinski definition) is 5. The molecule has 1 heterocycles. The molecule has 0 aromatic heterocycles. The number of carbonyl (C=O) groups is 1. The molecule has 6 heteroatoms. The number of anilines is 1. The van der Waals surface area contributed by atoms with Gasteiger partial charge < -0.3 is 25.4 Å². The van der Waals surface area contributed by atoms with Gasteiger partial charge >= 0.3 is 0 Å². The van der Waals surface area contributed by atoms with Gasteiger partial charge in [0.05, 0.1) is 12.7 Å². The van der Waals surface area contributed by atoms with E-state index in [0.29, 0.717) is 6.54 Å². The van der Waals surface area contributed by atoms with Gasteiger partial charge in [0.15, 0.2) is 0 Å². The van der Waals surface area contributed by atoms with Crippen LogP contribution in [0.15, 0.2) is 30.3 Å². The Hall–Kier alpha value is -1.63.